The molecule has 0 aliphatic carbocycles. The van der Waals surface area contributed by atoms with Crippen molar-refractivity contribution in [3.05, 3.63) is 68.6 Å². The molecule has 4 rings (SSSR count). The number of anilines is 1. The first-order valence-electron chi connectivity index (χ1n) is 9.78. The van der Waals surface area contributed by atoms with Gasteiger partial charge in [-0.05, 0) is 50.3 Å². The van der Waals surface area contributed by atoms with Crippen molar-refractivity contribution in [1.29, 1.82) is 0 Å². The SMILES string of the molecule is CCOc1ccc(NC(=O)Cn2c(O)c(/C=C3\C(C)=Nc4ccccc43)sc2=O)cc1. The number of benzene rings is 2. The van der Waals surface area contributed by atoms with Crippen LogP contribution in [0, 0.1) is 0 Å². The van der Waals surface area contributed by atoms with Gasteiger partial charge in [-0.1, -0.05) is 29.5 Å². The van der Waals surface area contributed by atoms with E-state index in [2.05, 4.69) is 10.3 Å². The van der Waals surface area contributed by atoms with E-state index in [1.807, 2.05) is 38.1 Å². The molecule has 1 aliphatic rings. The highest BCUT2D eigenvalue weighted by atomic mass is 32.1. The highest BCUT2D eigenvalue weighted by Crippen LogP contribution is 2.37. The Morgan fingerprint density at radius 1 is 1.23 bits per heavy atom. The molecule has 3 aromatic rings. The number of aromatic hydroxyl groups is 1. The van der Waals surface area contributed by atoms with Crippen LogP contribution in [-0.2, 0) is 11.3 Å². The van der Waals surface area contributed by atoms with Crippen LogP contribution in [0.2, 0.25) is 0 Å². The van der Waals surface area contributed by atoms with E-state index in [4.69, 9.17) is 4.74 Å². The van der Waals surface area contributed by atoms with Crippen molar-refractivity contribution in [3.8, 4) is 11.6 Å². The lowest BCUT2D eigenvalue weighted by molar-refractivity contribution is -0.116. The second-order valence-electron chi connectivity index (χ2n) is 6.92. The van der Waals surface area contributed by atoms with Gasteiger partial charge in [0.2, 0.25) is 11.8 Å². The molecule has 0 bridgehead atoms. The summed E-state index contributed by atoms with van der Waals surface area (Å²) in [5, 5.41) is 13.3. The Morgan fingerprint density at radius 2 is 1.97 bits per heavy atom. The zero-order valence-electron chi connectivity index (χ0n) is 17.1. The van der Waals surface area contributed by atoms with Crippen molar-refractivity contribution in [2.75, 3.05) is 11.9 Å². The number of nitrogens with zero attached hydrogens (tertiary/aromatic N) is 2. The maximum Gasteiger partial charge on any atom is 0.311 e. The minimum absolute atomic E-state index is 0.235. The van der Waals surface area contributed by atoms with E-state index in [9.17, 15) is 14.7 Å². The van der Waals surface area contributed by atoms with E-state index in [1.165, 1.54) is 0 Å². The van der Waals surface area contributed by atoms with Gasteiger partial charge in [0.15, 0.2) is 0 Å². The fraction of sp³-hybridized carbons (Fsp3) is 0.174. The molecule has 0 saturated carbocycles. The number of fused-ring (bicyclic) bond motifs is 1. The summed E-state index contributed by atoms with van der Waals surface area (Å²) in [6.07, 6.45) is 1.74. The van der Waals surface area contributed by atoms with Gasteiger partial charge in [0.1, 0.15) is 12.3 Å². The van der Waals surface area contributed by atoms with E-state index in [0.717, 1.165) is 38.4 Å². The Hall–Kier alpha value is -3.65. The summed E-state index contributed by atoms with van der Waals surface area (Å²) in [4.78, 5) is 29.3. The zero-order valence-corrected chi connectivity index (χ0v) is 17.9. The molecule has 0 radical (unpaired) electrons. The number of thiazole rings is 1. The van der Waals surface area contributed by atoms with Crippen molar-refractivity contribution in [2.24, 2.45) is 4.99 Å². The molecule has 0 atom stereocenters. The molecule has 1 aromatic heterocycles. The first-order chi connectivity index (χ1) is 15.0. The predicted molar refractivity (Wildman–Crippen MR) is 124 cm³/mol. The van der Waals surface area contributed by atoms with Crippen LogP contribution >= 0.6 is 11.3 Å². The van der Waals surface area contributed by atoms with Gasteiger partial charge >= 0.3 is 4.87 Å². The quantitative estimate of drug-likeness (QED) is 0.604. The predicted octanol–water partition coefficient (Wildman–Crippen LogP) is 4.30. The minimum Gasteiger partial charge on any atom is -0.494 e. The number of amides is 1. The molecule has 8 heteroatoms. The van der Waals surface area contributed by atoms with Crippen LogP contribution in [-0.4, -0.2) is 27.9 Å². The molecule has 0 spiro atoms. The van der Waals surface area contributed by atoms with Crippen molar-refractivity contribution >= 4 is 46.0 Å². The highest BCUT2D eigenvalue weighted by Gasteiger charge is 2.20. The van der Waals surface area contributed by atoms with Gasteiger partial charge in [-0.25, -0.2) is 0 Å². The molecule has 0 saturated heterocycles. The monoisotopic (exact) mass is 435 g/mol. The fourth-order valence-corrected chi connectivity index (χ4v) is 4.17. The van der Waals surface area contributed by atoms with Gasteiger partial charge in [0.25, 0.3) is 0 Å². The van der Waals surface area contributed by atoms with Crippen LogP contribution in [0.3, 0.4) is 0 Å². The summed E-state index contributed by atoms with van der Waals surface area (Å²) in [7, 11) is 0. The van der Waals surface area contributed by atoms with Crippen molar-refractivity contribution in [3.63, 3.8) is 0 Å². The minimum atomic E-state index is -0.414. The smallest absolute Gasteiger partial charge is 0.311 e. The van der Waals surface area contributed by atoms with Gasteiger partial charge in [-0.15, -0.1) is 0 Å². The van der Waals surface area contributed by atoms with Crippen molar-refractivity contribution < 1.29 is 14.6 Å². The lowest BCUT2D eigenvalue weighted by Gasteiger charge is -2.08. The van der Waals surface area contributed by atoms with E-state index >= 15 is 0 Å². The van der Waals surface area contributed by atoms with Crippen LogP contribution in [0.25, 0.3) is 11.6 Å². The largest absolute Gasteiger partial charge is 0.494 e. The molecule has 2 heterocycles. The molecule has 1 aliphatic heterocycles. The van der Waals surface area contributed by atoms with Gasteiger partial charge in [-0.3, -0.25) is 19.1 Å². The average molecular weight is 436 g/mol. The highest BCUT2D eigenvalue weighted by molar-refractivity contribution is 7.10. The van der Waals surface area contributed by atoms with Crippen LogP contribution in [0.5, 0.6) is 11.6 Å². The van der Waals surface area contributed by atoms with Crippen LogP contribution in [0.1, 0.15) is 24.3 Å². The van der Waals surface area contributed by atoms with Gasteiger partial charge in [0.05, 0.1) is 17.2 Å². The molecule has 0 fully saturated rings. The Morgan fingerprint density at radius 3 is 2.71 bits per heavy atom. The summed E-state index contributed by atoms with van der Waals surface area (Å²) in [6.45, 7) is 4.04. The van der Waals surface area contributed by atoms with E-state index in [0.29, 0.717) is 22.9 Å². The number of ether oxygens (including phenoxy) is 1. The maximum absolute atomic E-state index is 12.4. The number of aliphatic imine (C=N–C) groups is 1. The molecule has 0 unspecified atom stereocenters. The van der Waals surface area contributed by atoms with Crippen LogP contribution < -0.4 is 14.9 Å². The summed E-state index contributed by atoms with van der Waals surface area (Å²) >= 11 is 0.890. The van der Waals surface area contributed by atoms with E-state index in [-0.39, 0.29) is 12.4 Å². The number of nitrogens with one attached hydrogen (secondary N) is 1. The first-order valence-corrected chi connectivity index (χ1v) is 10.6. The first kappa shape index (κ1) is 20.6. The maximum atomic E-state index is 12.4. The summed E-state index contributed by atoms with van der Waals surface area (Å²) in [5.74, 6) is 0.0567. The fourth-order valence-electron chi connectivity index (χ4n) is 3.34. The number of rotatable bonds is 6. The number of carbonyl (C=O) groups is 1. The molecule has 158 valence electrons. The van der Waals surface area contributed by atoms with Crippen LogP contribution in [0.4, 0.5) is 11.4 Å². The standard InChI is InChI=1S/C23H21N3O4S/c1-3-30-16-10-8-15(9-11-16)25-21(27)13-26-22(28)20(31-23(26)29)12-18-14(2)24-19-7-5-4-6-17(18)19/h4-12,28H,3,13H2,1-2H3,(H,25,27)/b18-12+. The second-order valence-corrected chi connectivity index (χ2v) is 7.91. The summed E-state index contributed by atoms with van der Waals surface area (Å²) < 4.78 is 6.44. The lowest BCUT2D eigenvalue weighted by Crippen LogP contribution is -2.24. The normalized spacial score (nSPS) is 13.7. The number of aromatic nitrogens is 1. The summed E-state index contributed by atoms with van der Waals surface area (Å²) in [5.41, 5.74) is 4.03. The lowest BCUT2D eigenvalue weighted by atomic mass is 10.0. The van der Waals surface area contributed by atoms with E-state index < -0.39 is 10.8 Å². The Bertz CT molecular complexity index is 1250. The third-order valence-corrected chi connectivity index (χ3v) is 5.71. The molecule has 2 aromatic carbocycles. The Labute approximate surface area is 183 Å². The number of hydrogen-bond donors (Lipinski definition) is 2. The molecule has 31 heavy (non-hydrogen) atoms. The molecular formula is C23H21N3O4S. The van der Waals surface area contributed by atoms with E-state index in [1.54, 1.807) is 30.3 Å². The molecule has 1 amide bonds. The zero-order chi connectivity index (χ0) is 22.0. The van der Waals surface area contributed by atoms with Gasteiger partial charge in [0, 0.05) is 22.5 Å². The number of para-hydroxylation sites is 1. The van der Waals surface area contributed by atoms with Crippen molar-refractivity contribution in [1.82, 2.24) is 4.57 Å². The summed E-state index contributed by atoms with van der Waals surface area (Å²) in [6, 6.07) is 14.6. The average Bonchev–Trinajstić information content (AvgIpc) is 3.20. The molecule has 7 nitrogen and oxygen atoms in total. The molecule has 2 N–H and O–H groups in total. The van der Waals surface area contributed by atoms with Gasteiger partial charge in [-0.2, -0.15) is 0 Å². The Balaban J connectivity index is 1.53. The third kappa shape index (κ3) is 4.29. The topological polar surface area (TPSA) is 92.9 Å². The number of hydrogen-bond acceptors (Lipinski definition) is 6. The number of allylic oxidation sites excluding steroid dienone is 1. The third-order valence-electron chi connectivity index (χ3n) is 4.79. The van der Waals surface area contributed by atoms with Gasteiger partial charge < -0.3 is 15.2 Å². The second kappa shape index (κ2) is 8.61. The Kier molecular flexibility index (Phi) is 5.73. The molecular weight excluding hydrogens is 414 g/mol. The van der Waals surface area contributed by atoms with Crippen LogP contribution in [0.15, 0.2) is 58.3 Å². The number of carbonyl (C=O) groups excluding carboxylic acids is 1. The van der Waals surface area contributed by atoms with Crippen molar-refractivity contribution in [2.45, 2.75) is 20.4 Å².